The Bertz CT molecular complexity index is 957. The molecule has 3 heterocycles. The zero-order valence-corrected chi connectivity index (χ0v) is 16.2. The molecule has 1 aromatic carbocycles. The SMILES string of the molecule is Cc1ccc2oc(N3CCCN(C(=O)C(C)Oc4ccccc4)CC3)nc2n1. The van der Waals surface area contributed by atoms with Crippen molar-refractivity contribution < 1.29 is 13.9 Å². The van der Waals surface area contributed by atoms with Crippen LogP contribution in [-0.2, 0) is 4.79 Å². The van der Waals surface area contributed by atoms with Gasteiger partial charge in [-0.1, -0.05) is 18.2 Å². The molecule has 1 aliphatic heterocycles. The summed E-state index contributed by atoms with van der Waals surface area (Å²) < 4.78 is 11.7. The standard InChI is InChI=1S/C21H24N4O3/c1-15-9-10-18-19(22-15)23-21(28-18)25-12-6-11-24(13-14-25)20(26)16(2)27-17-7-4-3-5-8-17/h3-5,7-10,16H,6,11-14H2,1-2H3. The summed E-state index contributed by atoms with van der Waals surface area (Å²) in [6, 6.07) is 13.8. The Kier molecular flexibility index (Phi) is 5.14. The molecular formula is C21H24N4O3. The molecule has 3 aromatic rings. The lowest BCUT2D eigenvalue weighted by Crippen LogP contribution is -2.42. The monoisotopic (exact) mass is 380 g/mol. The Morgan fingerprint density at radius 3 is 2.71 bits per heavy atom. The Labute approximate surface area is 163 Å². The van der Waals surface area contributed by atoms with Gasteiger partial charge in [0.25, 0.3) is 11.9 Å². The molecule has 0 aliphatic carbocycles. The second-order valence-electron chi connectivity index (χ2n) is 7.01. The van der Waals surface area contributed by atoms with E-state index in [1.807, 2.05) is 54.3 Å². The number of oxazole rings is 1. The summed E-state index contributed by atoms with van der Waals surface area (Å²) in [5.74, 6) is 0.703. The summed E-state index contributed by atoms with van der Waals surface area (Å²) in [6.45, 7) is 6.47. The van der Waals surface area contributed by atoms with Crippen LogP contribution < -0.4 is 9.64 Å². The van der Waals surface area contributed by atoms with Crippen molar-refractivity contribution >= 4 is 23.2 Å². The average molecular weight is 380 g/mol. The maximum atomic E-state index is 12.8. The highest BCUT2D eigenvalue weighted by Crippen LogP contribution is 2.22. The molecule has 1 unspecified atom stereocenters. The zero-order chi connectivity index (χ0) is 19.5. The third-order valence-electron chi connectivity index (χ3n) is 4.86. The maximum absolute atomic E-state index is 12.8. The van der Waals surface area contributed by atoms with Crippen molar-refractivity contribution in [3.63, 3.8) is 0 Å². The highest BCUT2D eigenvalue weighted by Gasteiger charge is 2.26. The number of carbonyl (C=O) groups is 1. The maximum Gasteiger partial charge on any atom is 0.300 e. The van der Waals surface area contributed by atoms with Crippen molar-refractivity contribution in [2.45, 2.75) is 26.4 Å². The number of rotatable bonds is 4. The van der Waals surface area contributed by atoms with Crippen LogP contribution in [0.5, 0.6) is 5.75 Å². The van der Waals surface area contributed by atoms with E-state index >= 15 is 0 Å². The lowest BCUT2D eigenvalue weighted by molar-refractivity contribution is -0.137. The molecule has 7 heteroatoms. The van der Waals surface area contributed by atoms with Crippen LogP contribution in [0.4, 0.5) is 6.01 Å². The van der Waals surface area contributed by atoms with Gasteiger partial charge in [0.1, 0.15) is 5.75 Å². The summed E-state index contributed by atoms with van der Waals surface area (Å²) >= 11 is 0. The molecule has 0 bridgehead atoms. The van der Waals surface area contributed by atoms with Gasteiger partial charge in [0.05, 0.1) is 0 Å². The number of fused-ring (bicyclic) bond motifs is 1. The molecule has 1 saturated heterocycles. The molecule has 1 fully saturated rings. The number of para-hydroxylation sites is 1. The highest BCUT2D eigenvalue weighted by molar-refractivity contribution is 5.81. The van der Waals surface area contributed by atoms with E-state index in [-0.39, 0.29) is 5.91 Å². The van der Waals surface area contributed by atoms with E-state index in [1.54, 1.807) is 6.92 Å². The lowest BCUT2D eigenvalue weighted by Gasteiger charge is -2.24. The molecule has 0 saturated carbocycles. The van der Waals surface area contributed by atoms with Gasteiger partial charge in [-0.25, -0.2) is 4.98 Å². The number of aromatic nitrogens is 2. The molecule has 0 radical (unpaired) electrons. The Morgan fingerprint density at radius 1 is 1.07 bits per heavy atom. The third kappa shape index (κ3) is 3.93. The molecule has 146 valence electrons. The van der Waals surface area contributed by atoms with E-state index < -0.39 is 6.10 Å². The predicted molar refractivity (Wildman–Crippen MR) is 106 cm³/mol. The van der Waals surface area contributed by atoms with Gasteiger partial charge < -0.3 is 19.0 Å². The smallest absolute Gasteiger partial charge is 0.300 e. The van der Waals surface area contributed by atoms with E-state index in [0.29, 0.717) is 42.6 Å². The van der Waals surface area contributed by atoms with E-state index in [1.165, 1.54) is 0 Å². The fraction of sp³-hybridized carbons (Fsp3) is 0.381. The molecular weight excluding hydrogens is 356 g/mol. The van der Waals surface area contributed by atoms with Crippen LogP contribution in [0.25, 0.3) is 11.2 Å². The Hall–Kier alpha value is -3.09. The van der Waals surface area contributed by atoms with Gasteiger partial charge in [-0.05, 0) is 44.5 Å². The summed E-state index contributed by atoms with van der Waals surface area (Å²) in [5, 5.41) is 0. The molecule has 2 aromatic heterocycles. The van der Waals surface area contributed by atoms with E-state index in [0.717, 1.165) is 18.7 Å². The largest absolute Gasteiger partial charge is 0.481 e. The van der Waals surface area contributed by atoms with Gasteiger partial charge in [0.2, 0.25) is 5.65 Å². The molecule has 1 amide bonds. The fourth-order valence-electron chi connectivity index (χ4n) is 3.38. The Morgan fingerprint density at radius 2 is 1.89 bits per heavy atom. The molecule has 0 spiro atoms. The zero-order valence-electron chi connectivity index (χ0n) is 16.2. The third-order valence-corrected chi connectivity index (χ3v) is 4.86. The first kappa shape index (κ1) is 18.3. The van der Waals surface area contributed by atoms with E-state index in [2.05, 4.69) is 14.9 Å². The molecule has 4 rings (SSSR count). The first-order chi connectivity index (χ1) is 13.6. The number of aryl methyl sites for hydroxylation is 1. The minimum absolute atomic E-state index is 0.000518. The summed E-state index contributed by atoms with van der Waals surface area (Å²) in [4.78, 5) is 25.7. The van der Waals surface area contributed by atoms with Crippen molar-refractivity contribution in [1.29, 1.82) is 0 Å². The van der Waals surface area contributed by atoms with Crippen molar-refractivity contribution in [3.05, 3.63) is 48.2 Å². The van der Waals surface area contributed by atoms with Crippen LogP contribution in [0.15, 0.2) is 46.9 Å². The van der Waals surface area contributed by atoms with Crippen molar-refractivity contribution in [2.24, 2.45) is 0 Å². The number of ether oxygens (including phenoxy) is 1. The van der Waals surface area contributed by atoms with Gasteiger partial charge in [0, 0.05) is 31.9 Å². The summed E-state index contributed by atoms with van der Waals surface area (Å²) in [5.41, 5.74) is 2.21. The molecule has 1 atom stereocenters. The van der Waals surface area contributed by atoms with E-state index in [9.17, 15) is 4.79 Å². The van der Waals surface area contributed by atoms with Crippen LogP contribution >= 0.6 is 0 Å². The quantitative estimate of drug-likeness (QED) is 0.693. The van der Waals surface area contributed by atoms with Crippen LogP contribution in [0.1, 0.15) is 19.0 Å². The highest BCUT2D eigenvalue weighted by atomic mass is 16.5. The average Bonchev–Trinajstić information content (AvgIpc) is 2.96. The van der Waals surface area contributed by atoms with Gasteiger partial charge >= 0.3 is 0 Å². The number of benzene rings is 1. The topological polar surface area (TPSA) is 71.7 Å². The predicted octanol–water partition coefficient (Wildman–Crippen LogP) is 3.04. The van der Waals surface area contributed by atoms with E-state index in [4.69, 9.17) is 9.15 Å². The first-order valence-corrected chi connectivity index (χ1v) is 9.60. The normalized spacial score (nSPS) is 16.1. The molecule has 7 nitrogen and oxygen atoms in total. The van der Waals surface area contributed by atoms with Gasteiger partial charge in [-0.2, -0.15) is 4.98 Å². The summed E-state index contributed by atoms with van der Waals surface area (Å²) in [6.07, 6.45) is 0.320. The minimum atomic E-state index is -0.523. The van der Waals surface area contributed by atoms with Crippen LogP contribution in [-0.4, -0.2) is 53.1 Å². The van der Waals surface area contributed by atoms with Gasteiger partial charge in [-0.15, -0.1) is 0 Å². The van der Waals surface area contributed by atoms with Gasteiger partial charge in [0.15, 0.2) is 11.7 Å². The van der Waals surface area contributed by atoms with Gasteiger partial charge in [-0.3, -0.25) is 4.79 Å². The second kappa shape index (κ2) is 7.88. The number of carbonyl (C=O) groups excluding carboxylic acids is 1. The van der Waals surface area contributed by atoms with Crippen molar-refractivity contribution in [2.75, 3.05) is 31.1 Å². The number of hydrogen-bond donors (Lipinski definition) is 0. The summed E-state index contributed by atoms with van der Waals surface area (Å²) in [7, 11) is 0. The van der Waals surface area contributed by atoms with Crippen LogP contribution in [0.2, 0.25) is 0 Å². The first-order valence-electron chi connectivity index (χ1n) is 9.60. The van der Waals surface area contributed by atoms with Crippen molar-refractivity contribution in [3.8, 4) is 5.75 Å². The molecule has 28 heavy (non-hydrogen) atoms. The number of amides is 1. The Balaban J connectivity index is 1.40. The number of hydrogen-bond acceptors (Lipinski definition) is 6. The second-order valence-corrected chi connectivity index (χ2v) is 7.01. The van der Waals surface area contributed by atoms with Crippen LogP contribution in [0, 0.1) is 6.92 Å². The molecule has 0 N–H and O–H groups in total. The number of nitrogens with zero attached hydrogens (tertiary/aromatic N) is 4. The fourth-order valence-corrected chi connectivity index (χ4v) is 3.38. The number of anilines is 1. The molecule has 1 aliphatic rings. The number of pyridine rings is 1. The van der Waals surface area contributed by atoms with Crippen molar-refractivity contribution in [1.82, 2.24) is 14.9 Å². The minimum Gasteiger partial charge on any atom is -0.481 e. The lowest BCUT2D eigenvalue weighted by atomic mass is 10.3. The van der Waals surface area contributed by atoms with Crippen LogP contribution in [0.3, 0.4) is 0 Å².